The second kappa shape index (κ2) is 9.44. The molecule has 1 N–H and O–H groups in total. The molecule has 1 aliphatic rings. The van der Waals surface area contributed by atoms with Crippen LogP contribution in [-0.4, -0.2) is 52.8 Å². The summed E-state index contributed by atoms with van der Waals surface area (Å²) in [5.41, 5.74) is 1.94. The van der Waals surface area contributed by atoms with E-state index in [0.717, 1.165) is 49.0 Å². The number of rotatable bonds is 6. The topological polar surface area (TPSA) is 70.8 Å². The molecule has 4 rings (SSSR count). The van der Waals surface area contributed by atoms with Crippen LogP contribution in [0, 0.1) is 6.92 Å². The van der Waals surface area contributed by atoms with Gasteiger partial charge in [0.25, 0.3) is 5.56 Å². The molecular weight excluding hydrogens is 404 g/mol. The fraction of sp³-hybridized carbons (Fsp3) is 0.360. The third-order valence-corrected chi connectivity index (χ3v) is 6.17. The Morgan fingerprint density at radius 2 is 1.88 bits per heavy atom. The van der Waals surface area contributed by atoms with Crippen LogP contribution in [0.15, 0.2) is 59.5 Å². The fourth-order valence-electron chi connectivity index (χ4n) is 4.54. The van der Waals surface area contributed by atoms with Crippen LogP contribution >= 0.6 is 0 Å². The molecule has 0 spiro atoms. The Hall–Kier alpha value is -3.32. The van der Waals surface area contributed by atoms with Crippen molar-refractivity contribution in [3.05, 3.63) is 81.9 Å². The second-order valence-electron chi connectivity index (χ2n) is 8.02. The van der Waals surface area contributed by atoms with Crippen molar-refractivity contribution in [2.45, 2.75) is 26.4 Å². The monoisotopic (exact) mass is 434 g/mol. The molecule has 0 radical (unpaired) electrons. The van der Waals surface area contributed by atoms with Gasteiger partial charge < -0.3 is 19.3 Å². The molecule has 0 aliphatic carbocycles. The minimum atomic E-state index is -0.373. The summed E-state index contributed by atoms with van der Waals surface area (Å²) in [5, 5.41) is 10.9. The third kappa shape index (κ3) is 4.21. The number of ether oxygens (including phenoxy) is 1. The van der Waals surface area contributed by atoms with E-state index in [1.165, 1.54) is 0 Å². The van der Waals surface area contributed by atoms with E-state index < -0.39 is 0 Å². The molecule has 1 atom stereocenters. The lowest BCUT2D eigenvalue weighted by molar-refractivity contribution is 0.206. The van der Waals surface area contributed by atoms with Gasteiger partial charge in [0.2, 0.25) is 0 Å². The summed E-state index contributed by atoms with van der Waals surface area (Å²) in [7, 11) is 1.63. The predicted molar refractivity (Wildman–Crippen MR) is 126 cm³/mol. The lowest BCUT2D eigenvalue weighted by atomic mass is 9.95. The molecule has 0 saturated carbocycles. The molecular formula is C25H30N4O3. The largest absolute Gasteiger partial charge is 0.507 e. The number of aromatic nitrogens is 2. The lowest BCUT2D eigenvalue weighted by Gasteiger charge is -2.40. The number of aromatic hydroxyl groups is 1. The van der Waals surface area contributed by atoms with Crippen LogP contribution < -0.4 is 15.2 Å². The molecule has 0 bridgehead atoms. The number of hydrogen-bond acceptors (Lipinski definition) is 6. The molecule has 0 amide bonds. The Morgan fingerprint density at radius 3 is 2.53 bits per heavy atom. The maximum absolute atomic E-state index is 13.5. The number of piperazine rings is 1. The number of hydrogen-bond donors (Lipinski definition) is 1. The Kier molecular flexibility index (Phi) is 6.46. The summed E-state index contributed by atoms with van der Waals surface area (Å²) in [6.45, 7) is 7.38. The van der Waals surface area contributed by atoms with Gasteiger partial charge in [-0.3, -0.25) is 9.69 Å². The van der Waals surface area contributed by atoms with Crippen LogP contribution in [-0.2, 0) is 6.54 Å². The molecule has 0 unspecified atom stereocenters. The summed E-state index contributed by atoms with van der Waals surface area (Å²) in [4.78, 5) is 22.4. The Balaban J connectivity index is 1.74. The van der Waals surface area contributed by atoms with Crippen molar-refractivity contribution < 1.29 is 9.84 Å². The first-order valence-corrected chi connectivity index (χ1v) is 11.0. The smallest absolute Gasteiger partial charge is 0.259 e. The van der Waals surface area contributed by atoms with Gasteiger partial charge in [0.1, 0.15) is 17.3 Å². The van der Waals surface area contributed by atoms with Crippen LogP contribution in [0.1, 0.15) is 29.8 Å². The van der Waals surface area contributed by atoms with Gasteiger partial charge in [-0.1, -0.05) is 18.2 Å². The quantitative estimate of drug-likeness (QED) is 0.643. The number of benzene rings is 1. The van der Waals surface area contributed by atoms with Crippen molar-refractivity contribution >= 4 is 5.82 Å². The average molecular weight is 435 g/mol. The Morgan fingerprint density at radius 1 is 1.09 bits per heavy atom. The zero-order valence-corrected chi connectivity index (χ0v) is 18.9. The van der Waals surface area contributed by atoms with Gasteiger partial charge in [0.05, 0.1) is 18.7 Å². The molecule has 3 heterocycles. The molecule has 2 aromatic heterocycles. The number of pyridine rings is 2. The number of aryl methyl sites for hydroxylation is 1. The van der Waals surface area contributed by atoms with Crippen molar-refractivity contribution in [3.63, 3.8) is 0 Å². The van der Waals surface area contributed by atoms with Gasteiger partial charge in [0, 0.05) is 44.6 Å². The molecule has 3 aromatic rings. The van der Waals surface area contributed by atoms with Crippen LogP contribution in [0.4, 0.5) is 5.82 Å². The van der Waals surface area contributed by atoms with E-state index in [1.807, 2.05) is 56.3 Å². The van der Waals surface area contributed by atoms with Crippen molar-refractivity contribution in [2.75, 3.05) is 38.2 Å². The Bertz CT molecular complexity index is 1120. The summed E-state index contributed by atoms with van der Waals surface area (Å²) >= 11 is 0. The maximum Gasteiger partial charge on any atom is 0.259 e. The minimum Gasteiger partial charge on any atom is -0.507 e. The van der Waals surface area contributed by atoms with Gasteiger partial charge in [-0.2, -0.15) is 0 Å². The van der Waals surface area contributed by atoms with Crippen LogP contribution in [0.3, 0.4) is 0 Å². The van der Waals surface area contributed by atoms with Crippen LogP contribution in [0.25, 0.3) is 0 Å². The van der Waals surface area contributed by atoms with Gasteiger partial charge in [-0.15, -0.1) is 0 Å². The van der Waals surface area contributed by atoms with Gasteiger partial charge in [-0.25, -0.2) is 4.98 Å². The molecule has 168 valence electrons. The SMILES string of the molecule is CCn1c(C)cc(O)c([C@@H](c2cccc(OC)c2)N2CCN(c3ccccn3)CC2)c1=O. The second-order valence-corrected chi connectivity index (χ2v) is 8.02. The summed E-state index contributed by atoms with van der Waals surface area (Å²) in [6.07, 6.45) is 1.80. The highest BCUT2D eigenvalue weighted by Crippen LogP contribution is 2.35. The first kappa shape index (κ1) is 21.9. The molecule has 1 saturated heterocycles. The van der Waals surface area contributed by atoms with Gasteiger partial charge in [0.15, 0.2) is 0 Å². The zero-order chi connectivity index (χ0) is 22.7. The number of nitrogens with zero attached hydrogens (tertiary/aromatic N) is 4. The zero-order valence-electron chi connectivity index (χ0n) is 18.9. The summed E-state index contributed by atoms with van der Waals surface area (Å²) in [5.74, 6) is 1.72. The number of methoxy groups -OCH3 is 1. The van der Waals surface area contributed by atoms with Gasteiger partial charge in [-0.05, 0) is 49.7 Å². The molecule has 1 aliphatic heterocycles. The predicted octanol–water partition coefficient (Wildman–Crippen LogP) is 3.20. The lowest BCUT2D eigenvalue weighted by Crippen LogP contribution is -2.49. The molecule has 1 aromatic carbocycles. The van der Waals surface area contributed by atoms with Crippen LogP contribution in [0.5, 0.6) is 11.5 Å². The van der Waals surface area contributed by atoms with E-state index in [-0.39, 0.29) is 17.4 Å². The van der Waals surface area contributed by atoms with Gasteiger partial charge >= 0.3 is 0 Å². The molecule has 7 heteroatoms. The maximum atomic E-state index is 13.5. The average Bonchev–Trinajstić information content (AvgIpc) is 2.82. The van der Waals surface area contributed by atoms with Crippen molar-refractivity contribution in [3.8, 4) is 11.5 Å². The normalized spacial score (nSPS) is 15.5. The summed E-state index contributed by atoms with van der Waals surface area (Å²) in [6, 6.07) is 15.0. The molecule has 32 heavy (non-hydrogen) atoms. The molecule has 1 fully saturated rings. The van der Waals surface area contributed by atoms with E-state index in [4.69, 9.17) is 4.74 Å². The van der Waals surface area contributed by atoms with E-state index >= 15 is 0 Å². The van der Waals surface area contributed by atoms with E-state index in [0.29, 0.717) is 12.1 Å². The third-order valence-electron chi connectivity index (χ3n) is 6.17. The van der Waals surface area contributed by atoms with E-state index in [2.05, 4.69) is 14.8 Å². The van der Waals surface area contributed by atoms with Crippen molar-refractivity contribution in [1.82, 2.24) is 14.5 Å². The minimum absolute atomic E-state index is 0.0391. The van der Waals surface area contributed by atoms with E-state index in [1.54, 1.807) is 23.9 Å². The van der Waals surface area contributed by atoms with Crippen molar-refractivity contribution in [2.24, 2.45) is 0 Å². The summed E-state index contributed by atoms with van der Waals surface area (Å²) < 4.78 is 7.16. The highest BCUT2D eigenvalue weighted by Gasteiger charge is 2.31. The highest BCUT2D eigenvalue weighted by atomic mass is 16.5. The Labute approximate surface area is 188 Å². The first-order chi connectivity index (χ1) is 15.5. The van der Waals surface area contributed by atoms with Crippen molar-refractivity contribution in [1.29, 1.82) is 0 Å². The number of anilines is 1. The molecule has 7 nitrogen and oxygen atoms in total. The standard InChI is InChI=1S/C25H30N4O3/c1-4-29-18(2)16-21(30)23(25(29)31)24(19-8-7-9-20(17-19)32-3)28-14-12-27(13-15-28)22-10-5-6-11-26-22/h5-11,16-17,24,30H,4,12-15H2,1-3H3/t24-/m1/s1. The first-order valence-electron chi connectivity index (χ1n) is 11.0. The van der Waals surface area contributed by atoms with Crippen LogP contribution in [0.2, 0.25) is 0 Å². The fourth-order valence-corrected chi connectivity index (χ4v) is 4.54. The van der Waals surface area contributed by atoms with E-state index in [9.17, 15) is 9.90 Å². The highest BCUT2D eigenvalue weighted by molar-refractivity contribution is 5.44.